The van der Waals surface area contributed by atoms with Crippen molar-refractivity contribution >= 4 is 0 Å². The van der Waals surface area contributed by atoms with Gasteiger partial charge in [-0.3, -0.25) is 4.90 Å². The maximum absolute atomic E-state index is 9.50. The second kappa shape index (κ2) is 10.5. The first-order chi connectivity index (χ1) is 15.2. The van der Waals surface area contributed by atoms with Crippen LogP contribution in [0.2, 0.25) is 0 Å². The van der Waals surface area contributed by atoms with Gasteiger partial charge in [-0.1, -0.05) is 18.2 Å². The summed E-state index contributed by atoms with van der Waals surface area (Å²) in [7, 11) is 3.87. The molecule has 0 spiro atoms. The molecule has 1 N–H and O–H groups in total. The summed E-state index contributed by atoms with van der Waals surface area (Å²) in [6.07, 6.45) is 0.933. The fraction of sp³-hybridized carbons (Fsp3) is 0.520. The zero-order valence-corrected chi connectivity index (χ0v) is 18.6. The molecule has 2 aliphatic rings. The summed E-state index contributed by atoms with van der Waals surface area (Å²) in [6.45, 7) is 5.91. The molecule has 6 heteroatoms. The van der Waals surface area contributed by atoms with Gasteiger partial charge in [0, 0.05) is 32.1 Å². The average Bonchev–Trinajstić information content (AvgIpc) is 2.81. The highest BCUT2D eigenvalue weighted by molar-refractivity contribution is 5.45. The van der Waals surface area contributed by atoms with Crippen LogP contribution < -0.4 is 9.47 Å². The van der Waals surface area contributed by atoms with Gasteiger partial charge in [0.05, 0.1) is 39.6 Å². The molecule has 0 saturated carbocycles. The van der Waals surface area contributed by atoms with E-state index in [-0.39, 0.29) is 12.6 Å². The van der Waals surface area contributed by atoms with Gasteiger partial charge in [0.25, 0.3) is 0 Å². The van der Waals surface area contributed by atoms with Crippen LogP contribution in [0, 0.1) is 0 Å². The smallest absolute Gasteiger partial charge is 0.119 e. The number of benzene rings is 2. The van der Waals surface area contributed by atoms with Gasteiger partial charge in [-0.25, -0.2) is 0 Å². The number of aliphatic hydroxyl groups excluding tert-OH is 1. The molecule has 168 valence electrons. The highest BCUT2D eigenvalue weighted by Crippen LogP contribution is 2.35. The van der Waals surface area contributed by atoms with Crippen molar-refractivity contribution in [3.63, 3.8) is 0 Å². The van der Waals surface area contributed by atoms with Gasteiger partial charge in [0.15, 0.2) is 0 Å². The Morgan fingerprint density at radius 1 is 1.13 bits per heavy atom. The third-order valence-electron chi connectivity index (χ3n) is 6.36. The van der Waals surface area contributed by atoms with Crippen molar-refractivity contribution in [3.05, 3.63) is 59.2 Å². The van der Waals surface area contributed by atoms with Gasteiger partial charge in [-0.15, -0.1) is 0 Å². The Labute approximate surface area is 185 Å². The molecule has 0 amide bonds. The summed E-state index contributed by atoms with van der Waals surface area (Å²) in [4.78, 5) is 4.67. The molecule has 31 heavy (non-hydrogen) atoms. The van der Waals surface area contributed by atoms with Gasteiger partial charge in [0.2, 0.25) is 0 Å². The van der Waals surface area contributed by atoms with Crippen LogP contribution in [0.15, 0.2) is 42.5 Å². The number of hydrogen-bond donors (Lipinski definition) is 1. The molecule has 0 bridgehead atoms. The molecule has 2 aliphatic heterocycles. The number of rotatable bonds is 8. The fourth-order valence-electron chi connectivity index (χ4n) is 4.64. The van der Waals surface area contributed by atoms with E-state index in [2.05, 4.69) is 47.2 Å². The third kappa shape index (κ3) is 5.39. The van der Waals surface area contributed by atoms with Crippen LogP contribution in [0.4, 0.5) is 0 Å². The van der Waals surface area contributed by atoms with E-state index in [1.807, 2.05) is 12.1 Å². The van der Waals surface area contributed by atoms with E-state index in [1.165, 1.54) is 16.7 Å². The van der Waals surface area contributed by atoms with Crippen molar-refractivity contribution in [1.82, 2.24) is 9.80 Å². The summed E-state index contributed by atoms with van der Waals surface area (Å²) in [5.74, 6) is 2.17. The molecule has 6 nitrogen and oxygen atoms in total. The number of methoxy groups -OCH3 is 1. The van der Waals surface area contributed by atoms with Crippen LogP contribution >= 0.6 is 0 Å². The zero-order chi connectivity index (χ0) is 21.6. The molecule has 0 radical (unpaired) electrons. The minimum atomic E-state index is 0.114. The monoisotopic (exact) mass is 426 g/mol. The molecule has 2 atom stereocenters. The second-order valence-corrected chi connectivity index (χ2v) is 8.53. The van der Waals surface area contributed by atoms with Crippen LogP contribution in [-0.2, 0) is 11.3 Å². The van der Waals surface area contributed by atoms with Crippen LogP contribution in [0.25, 0.3) is 0 Å². The molecule has 2 heterocycles. The van der Waals surface area contributed by atoms with E-state index >= 15 is 0 Å². The van der Waals surface area contributed by atoms with Crippen LogP contribution in [0.1, 0.15) is 29.0 Å². The van der Waals surface area contributed by atoms with Crippen LogP contribution in [-0.4, -0.2) is 81.2 Å². The van der Waals surface area contributed by atoms with Crippen LogP contribution in [0.5, 0.6) is 11.5 Å². The van der Waals surface area contributed by atoms with Gasteiger partial charge in [0.1, 0.15) is 11.5 Å². The molecular formula is C25H34N2O4. The molecule has 2 unspecified atom stereocenters. The number of morpholine rings is 1. The van der Waals surface area contributed by atoms with Crippen molar-refractivity contribution in [1.29, 1.82) is 0 Å². The molecule has 4 rings (SSSR count). The Bertz CT molecular complexity index is 842. The molecular weight excluding hydrogens is 392 g/mol. The Balaban J connectivity index is 1.37. The maximum atomic E-state index is 9.50. The molecule has 1 fully saturated rings. The van der Waals surface area contributed by atoms with Gasteiger partial charge in [-0.05, 0) is 54.4 Å². The van der Waals surface area contributed by atoms with Crippen molar-refractivity contribution in [3.8, 4) is 11.5 Å². The number of hydrogen-bond acceptors (Lipinski definition) is 6. The largest absolute Gasteiger partial charge is 0.497 e. The summed E-state index contributed by atoms with van der Waals surface area (Å²) in [5.41, 5.74) is 4.03. The lowest BCUT2D eigenvalue weighted by atomic mass is 9.84. The lowest BCUT2D eigenvalue weighted by molar-refractivity contribution is -0.0287. The minimum absolute atomic E-state index is 0.114. The van der Waals surface area contributed by atoms with E-state index in [0.29, 0.717) is 19.1 Å². The predicted octanol–water partition coefficient (Wildman–Crippen LogP) is 2.73. The molecule has 0 aliphatic carbocycles. The van der Waals surface area contributed by atoms with Gasteiger partial charge in [-0.2, -0.15) is 0 Å². The Kier molecular flexibility index (Phi) is 7.45. The molecule has 0 aromatic heterocycles. The summed E-state index contributed by atoms with van der Waals surface area (Å²) < 4.78 is 16.8. The Morgan fingerprint density at radius 3 is 2.71 bits per heavy atom. The van der Waals surface area contributed by atoms with Crippen molar-refractivity contribution in [2.45, 2.75) is 24.9 Å². The third-order valence-corrected chi connectivity index (χ3v) is 6.36. The first kappa shape index (κ1) is 22.1. The van der Waals surface area contributed by atoms with E-state index in [1.54, 1.807) is 7.11 Å². The lowest BCUT2D eigenvalue weighted by Crippen LogP contribution is -2.47. The summed E-state index contributed by atoms with van der Waals surface area (Å²) in [6, 6.07) is 15.1. The van der Waals surface area contributed by atoms with E-state index in [9.17, 15) is 5.11 Å². The van der Waals surface area contributed by atoms with E-state index in [4.69, 9.17) is 14.2 Å². The Morgan fingerprint density at radius 2 is 1.94 bits per heavy atom. The quantitative estimate of drug-likeness (QED) is 0.655. The fourth-order valence-corrected chi connectivity index (χ4v) is 4.64. The number of aliphatic hydroxyl groups is 1. The first-order valence-electron chi connectivity index (χ1n) is 11.2. The standard InChI is InChI=1S/C25H34N2O4/c1-26-15-20-14-23(31-12-3-10-27-11-13-30-18-21(27)17-28)8-9-24(20)25(16-26)19-4-6-22(29-2)7-5-19/h4-9,14,21,25,28H,3,10-13,15-18H2,1-2H3. The van der Waals surface area contributed by atoms with Crippen molar-refractivity contribution in [2.24, 2.45) is 0 Å². The summed E-state index contributed by atoms with van der Waals surface area (Å²) in [5, 5.41) is 9.50. The molecule has 2 aromatic carbocycles. The number of nitrogens with zero attached hydrogens (tertiary/aromatic N) is 2. The number of fused-ring (bicyclic) bond motifs is 1. The minimum Gasteiger partial charge on any atom is -0.497 e. The normalized spacial score (nSPS) is 22.2. The highest BCUT2D eigenvalue weighted by atomic mass is 16.5. The lowest BCUT2D eigenvalue weighted by Gasteiger charge is -2.34. The molecule has 1 saturated heterocycles. The van der Waals surface area contributed by atoms with Gasteiger partial charge < -0.3 is 24.2 Å². The van der Waals surface area contributed by atoms with Crippen molar-refractivity contribution in [2.75, 3.05) is 60.2 Å². The van der Waals surface area contributed by atoms with Crippen LogP contribution in [0.3, 0.4) is 0 Å². The first-order valence-corrected chi connectivity index (χ1v) is 11.2. The topological polar surface area (TPSA) is 54.4 Å². The molecule has 2 aromatic rings. The average molecular weight is 427 g/mol. The van der Waals surface area contributed by atoms with E-state index < -0.39 is 0 Å². The maximum Gasteiger partial charge on any atom is 0.119 e. The van der Waals surface area contributed by atoms with Crippen molar-refractivity contribution < 1.29 is 19.3 Å². The SMILES string of the molecule is COc1ccc(C2CN(C)Cc3cc(OCCCN4CCOCC4CO)ccc32)cc1. The predicted molar refractivity (Wildman–Crippen MR) is 121 cm³/mol. The van der Waals surface area contributed by atoms with Gasteiger partial charge >= 0.3 is 0 Å². The highest BCUT2D eigenvalue weighted by Gasteiger charge is 2.25. The summed E-state index contributed by atoms with van der Waals surface area (Å²) >= 11 is 0. The zero-order valence-electron chi connectivity index (χ0n) is 18.6. The number of ether oxygens (including phenoxy) is 3. The Hall–Kier alpha value is -2.12. The second-order valence-electron chi connectivity index (χ2n) is 8.53. The van der Waals surface area contributed by atoms with E-state index in [0.717, 1.165) is 50.7 Å². The number of likely N-dealkylation sites (N-methyl/N-ethyl adjacent to an activating group) is 1.